The van der Waals surface area contributed by atoms with Gasteiger partial charge in [-0.1, -0.05) is 55.8 Å². The van der Waals surface area contributed by atoms with Crippen LogP contribution in [0.2, 0.25) is 0 Å². The van der Waals surface area contributed by atoms with Gasteiger partial charge in [0.25, 0.3) is 10.0 Å². The monoisotopic (exact) mass is 344 g/mol. The zero-order valence-electron chi connectivity index (χ0n) is 14.8. The summed E-state index contributed by atoms with van der Waals surface area (Å²) in [5.74, 6) is 0.460. The van der Waals surface area contributed by atoms with Crippen LogP contribution in [-0.4, -0.2) is 14.6 Å². The number of aryl methyl sites for hydroxylation is 3. The first-order chi connectivity index (χ1) is 11.2. The Morgan fingerprint density at radius 2 is 1.54 bits per heavy atom. The molecule has 0 fully saturated rings. The number of hydrogen-bond acceptors (Lipinski definition) is 3. The molecule has 4 nitrogen and oxygen atoms in total. The van der Waals surface area contributed by atoms with E-state index in [9.17, 15) is 8.42 Å². The molecule has 0 amide bonds. The van der Waals surface area contributed by atoms with Gasteiger partial charge in [0.05, 0.1) is 11.1 Å². The van der Waals surface area contributed by atoms with Crippen molar-refractivity contribution in [1.29, 1.82) is 0 Å². The molecule has 0 aliphatic heterocycles. The second kappa shape index (κ2) is 7.18. The summed E-state index contributed by atoms with van der Waals surface area (Å²) < 4.78 is 25.0. The van der Waals surface area contributed by atoms with Crippen molar-refractivity contribution in [2.75, 3.05) is 0 Å². The Morgan fingerprint density at radius 1 is 1.00 bits per heavy atom. The van der Waals surface area contributed by atoms with E-state index in [1.165, 1.54) is 11.8 Å². The van der Waals surface area contributed by atoms with Crippen LogP contribution in [-0.2, 0) is 10.0 Å². The van der Waals surface area contributed by atoms with E-state index >= 15 is 0 Å². The van der Waals surface area contributed by atoms with Crippen LogP contribution in [0.4, 0.5) is 0 Å². The van der Waals surface area contributed by atoms with Gasteiger partial charge in [0.2, 0.25) is 0 Å². The molecule has 0 radical (unpaired) electrons. The highest BCUT2D eigenvalue weighted by atomic mass is 32.2. The maximum absolute atomic E-state index is 12.5. The van der Waals surface area contributed by atoms with Crippen molar-refractivity contribution in [3.63, 3.8) is 0 Å². The Balaban J connectivity index is 2.18. The summed E-state index contributed by atoms with van der Waals surface area (Å²) in [6, 6.07) is 11.6. The lowest BCUT2D eigenvalue weighted by atomic mass is 10.0. The molecule has 2 aromatic rings. The van der Waals surface area contributed by atoms with Gasteiger partial charge in [-0.25, -0.2) is 4.83 Å². The summed E-state index contributed by atoms with van der Waals surface area (Å²) in [6.07, 6.45) is 1.51. The van der Waals surface area contributed by atoms with Gasteiger partial charge in [-0.2, -0.15) is 13.5 Å². The van der Waals surface area contributed by atoms with E-state index in [0.29, 0.717) is 10.8 Å². The van der Waals surface area contributed by atoms with Crippen LogP contribution in [0.1, 0.15) is 47.6 Å². The quantitative estimate of drug-likeness (QED) is 0.657. The molecule has 0 spiro atoms. The summed E-state index contributed by atoms with van der Waals surface area (Å²) in [5, 5.41) is 3.91. The van der Waals surface area contributed by atoms with E-state index < -0.39 is 10.0 Å². The largest absolute Gasteiger partial charge is 0.277 e. The van der Waals surface area contributed by atoms with Gasteiger partial charge in [-0.05, 0) is 48.9 Å². The van der Waals surface area contributed by atoms with Gasteiger partial charge in [0.1, 0.15) is 0 Å². The maximum Gasteiger partial charge on any atom is 0.277 e. The first kappa shape index (κ1) is 18.2. The lowest BCUT2D eigenvalue weighted by molar-refractivity contribution is 0.583. The van der Waals surface area contributed by atoms with Gasteiger partial charge in [0, 0.05) is 0 Å². The Labute approximate surface area is 144 Å². The second-order valence-corrected chi connectivity index (χ2v) is 8.00. The van der Waals surface area contributed by atoms with E-state index in [2.05, 4.69) is 23.8 Å². The van der Waals surface area contributed by atoms with Crippen LogP contribution >= 0.6 is 0 Å². The molecule has 0 heterocycles. The minimum atomic E-state index is -3.68. The number of sulfonamides is 1. The molecule has 24 heavy (non-hydrogen) atoms. The molecule has 2 aromatic carbocycles. The van der Waals surface area contributed by atoms with Gasteiger partial charge < -0.3 is 0 Å². The SMILES string of the molecule is Cc1cc(C)c(S(=O)(=O)N/N=C/c2ccc(C(C)C)cc2)c(C)c1. The Kier molecular flexibility index (Phi) is 5.44. The van der Waals surface area contributed by atoms with Gasteiger partial charge in [-0.3, -0.25) is 0 Å². The Morgan fingerprint density at radius 3 is 2.04 bits per heavy atom. The van der Waals surface area contributed by atoms with Crippen LogP contribution in [0, 0.1) is 20.8 Å². The third-order valence-corrected chi connectivity index (χ3v) is 5.39. The third kappa shape index (κ3) is 4.23. The predicted octanol–water partition coefficient (Wildman–Crippen LogP) is 4.05. The second-order valence-electron chi connectivity index (χ2n) is 6.40. The number of hydrazone groups is 1. The number of rotatable bonds is 5. The zero-order valence-corrected chi connectivity index (χ0v) is 15.6. The van der Waals surface area contributed by atoms with E-state index in [0.717, 1.165) is 22.3 Å². The smallest absolute Gasteiger partial charge is 0.200 e. The van der Waals surface area contributed by atoms with Crippen molar-refractivity contribution >= 4 is 16.2 Å². The molecule has 0 atom stereocenters. The van der Waals surface area contributed by atoms with Crippen molar-refractivity contribution < 1.29 is 8.42 Å². The van der Waals surface area contributed by atoms with Gasteiger partial charge >= 0.3 is 0 Å². The molecule has 5 heteroatoms. The summed E-state index contributed by atoms with van der Waals surface area (Å²) in [7, 11) is -3.68. The molecule has 0 aromatic heterocycles. The van der Waals surface area contributed by atoms with Crippen LogP contribution in [0.5, 0.6) is 0 Å². The van der Waals surface area contributed by atoms with E-state index in [-0.39, 0.29) is 0 Å². The number of hydrogen-bond donors (Lipinski definition) is 1. The third-order valence-electron chi connectivity index (χ3n) is 3.86. The van der Waals surface area contributed by atoms with Gasteiger partial charge in [0.15, 0.2) is 0 Å². The highest BCUT2D eigenvalue weighted by molar-refractivity contribution is 7.89. The van der Waals surface area contributed by atoms with Crippen molar-refractivity contribution in [1.82, 2.24) is 4.83 Å². The van der Waals surface area contributed by atoms with E-state index in [4.69, 9.17) is 0 Å². The molecule has 0 bridgehead atoms. The fourth-order valence-corrected chi connectivity index (χ4v) is 4.02. The minimum Gasteiger partial charge on any atom is -0.200 e. The van der Waals surface area contributed by atoms with Crippen molar-refractivity contribution in [3.05, 3.63) is 64.2 Å². The van der Waals surface area contributed by atoms with Gasteiger partial charge in [-0.15, -0.1) is 0 Å². The minimum absolute atomic E-state index is 0.292. The number of nitrogens with zero attached hydrogens (tertiary/aromatic N) is 1. The highest BCUT2D eigenvalue weighted by Gasteiger charge is 2.18. The van der Waals surface area contributed by atoms with E-state index in [1.807, 2.05) is 43.3 Å². The first-order valence-electron chi connectivity index (χ1n) is 7.93. The number of nitrogens with one attached hydrogen (secondary N) is 1. The molecular formula is C19H24N2O2S. The topological polar surface area (TPSA) is 58.5 Å². The zero-order chi connectivity index (χ0) is 17.9. The average molecular weight is 344 g/mol. The highest BCUT2D eigenvalue weighted by Crippen LogP contribution is 2.21. The Hall–Kier alpha value is -2.14. The van der Waals surface area contributed by atoms with Crippen LogP contribution in [0.25, 0.3) is 0 Å². The lowest BCUT2D eigenvalue weighted by Crippen LogP contribution is -2.20. The molecule has 0 unspecified atom stereocenters. The van der Waals surface area contributed by atoms with Crippen LogP contribution in [0.3, 0.4) is 0 Å². The molecule has 128 valence electrons. The number of benzene rings is 2. The standard InChI is InChI=1S/C19H24N2O2S/c1-13(2)18-8-6-17(7-9-18)12-20-21-24(22,23)19-15(4)10-14(3)11-16(19)5/h6-13,21H,1-5H3/b20-12+. The summed E-state index contributed by atoms with van der Waals surface area (Å²) >= 11 is 0. The van der Waals surface area contributed by atoms with Crippen LogP contribution in [0.15, 0.2) is 46.4 Å². The fraction of sp³-hybridized carbons (Fsp3) is 0.316. The van der Waals surface area contributed by atoms with Crippen molar-refractivity contribution in [3.8, 4) is 0 Å². The molecule has 0 saturated heterocycles. The summed E-state index contributed by atoms with van der Waals surface area (Å²) in [5.41, 5.74) is 4.56. The molecule has 0 aliphatic rings. The fourth-order valence-electron chi connectivity index (χ4n) is 2.77. The van der Waals surface area contributed by atoms with Crippen molar-refractivity contribution in [2.24, 2.45) is 5.10 Å². The molecular weight excluding hydrogens is 320 g/mol. The average Bonchev–Trinajstić information content (AvgIpc) is 2.46. The lowest BCUT2D eigenvalue weighted by Gasteiger charge is -2.11. The first-order valence-corrected chi connectivity index (χ1v) is 9.41. The normalized spacial score (nSPS) is 12.1. The Bertz CT molecular complexity index is 828. The van der Waals surface area contributed by atoms with Crippen molar-refractivity contribution in [2.45, 2.75) is 45.4 Å². The molecule has 1 N–H and O–H groups in total. The summed E-state index contributed by atoms with van der Waals surface area (Å²) in [4.78, 5) is 2.60. The molecule has 2 rings (SSSR count). The molecule has 0 aliphatic carbocycles. The summed E-state index contributed by atoms with van der Waals surface area (Å²) in [6.45, 7) is 9.79. The predicted molar refractivity (Wildman–Crippen MR) is 99.1 cm³/mol. The van der Waals surface area contributed by atoms with Crippen LogP contribution < -0.4 is 4.83 Å². The maximum atomic E-state index is 12.5. The molecule has 0 saturated carbocycles. The van der Waals surface area contributed by atoms with E-state index in [1.54, 1.807) is 13.8 Å².